The Balaban J connectivity index is 3.91. The summed E-state index contributed by atoms with van der Waals surface area (Å²) in [6.07, 6.45) is 84.1. The van der Waals surface area contributed by atoms with Gasteiger partial charge in [-0.2, -0.15) is 0 Å². The maximum Gasteiger partial charge on any atom is 0.306 e. The third-order valence-corrected chi connectivity index (χ3v) is 16.5. The molecule has 0 fully saturated rings. The zero-order chi connectivity index (χ0) is 57.1. The van der Waals surface area contributed by atoms with Crippen LogP contribution in [-0.4, -0.2) is 37.2 Å². The van der Waals surface area contributed by atoms with E-state index in [4.69, 9.17) is 14.2 Å². The van der Waals surface area contributed by atoms with Crippen molar-refractivity contribution >= 4 is 17.9 Å². The predicted molar refractivity (Wildman–Crippen MR) is 344 cm³/mol. The second-order valence-electron chi connectivity index (χ2n) is 24.5. The molecule has 79 heavy (non-hydrogen) atoms. The van der Waals surface area contributed by atoms with Crippen LogP contribution in [0.25, 0.3) is 0 Å². The van der Waals surface area contributed by atoms with Crippen LogP contribution in [0.3, 0.4) is 0 Å². The lowest BCUT2D eigenvalue weighted by Gasteiger charge is -2.18. The molecule has 0 aliphatic heterocycles. The minimum atomic E-state index is -0.768. The van der Waals surface area contributed by atoms with E-state index in [0.29, 0.717) is 19.3 Å². The quantitative estimate of drug-likeness (QED) is 0.0261. The van der Waals surface area contributed by atoms with Crippen LogP contribution < -0.4 is 0 Å². The lowest BCUT2D eigenvalue weighted by atomic mass is 10.0. The number of carbonyl (C=O) groups is 3. The van der Waals surface area contributed by atoms with Gasteiger partial charge in [-0.3, -0.25) is 14.4 Å². The fraction of sp³-hybridized carbons (Fsp3) is 0.904. The van der Waals surface area contributed by atoms with Crippen molar-refractivity contribution < 1.29 is 28.6 Å². The van der Waals surface area contributed by atoms with Crippen LogP contribution in [0.4, 0.5) is 0 Å². The zero-order valence-electron chi connectivity index (χ0n) is 53.7. The van der Waals surface area contributed by atoms with Gasteiger partial charge in [-0.15, -0.1) is 0 Å². The molecule has 0 heterocycles. The minimum Gasteiger partial charge on any atom is -0.462 e. The molecule has 1 atom stereocenters. The molecular weight excluding hydrogens is 973 g/mol. The monoisotopic (exact) mass is 1110 g/mol. The first-order valence-corrected chi connectivity index (χ1v) is 35.8. The first-order valence-electron chi connectivity index (χ1n) is 35.8. The van der Waals surface area contributed by atoms with E-state index in [1.807, 2.05) is 0 Å². The van der Waals surface area contributed by atoms with Crippen LogP contribution in [-0.2, 0) is 28.6 Å². The van der Waals surface area contributed by atoms with Gasteiger partial charge in [0.1, 0.15) is 13.2 Å². The third kappa shape index (κ3) is 66.6. The number of carbonyl (C=O) groups excluding carboxylic acids is 3. The van der Waals surface area contributed by atoms with Crippen LogP contribution in [0.5, 0.6) is 0 Å². The summed E-state index contributed by atoms with van der Waals surface area (Å²) in [5.41, 5.74) is 0. The van der Waals surface area contributed by atoms with Crippen LogP contribution in [0.15, 0.2) is 24.3 Å². The van der Waals surface area contributed by atoms with Crippen molar-refractivity contribution in [1.29, 1.82) is 0 Å². The Morgan fingerprint density at radius 2 is 0.456 bits per heavy atom. The van der Waals surface area contributed by atoms with E-state index < -0.39 is 6.10 Å². The first-order chi connectivity index (χ1) is 39.0. The molecule has 0 saturated carbocycles. The summed E-state index contributed by atoms with van der Waals surface area (Å²) >= 11 is 0. The van der Waals surface area contributed by atoms with Crippen LogP contribution in [0.2, 0.25) is 0 Å². The molecular formula is C73H138O6. The number of hydrogen-bond acceptors (Lipinski definition) is 6. The van der Waals surface area contributed by atoms with Crippen molar-refractivity contribution in [3.63, 3.8) is 0 Å². The van der Waals surface area contributed by atoms with Gasteiger partial charge in [0.15, 0.2) is 6.10 Å². The molecule has 0 aliphatic carbocycles. The standard InChI is InChI=1S/C73H138O6/c1-4-7-10-13-16-18-20-22-24-26-28-29-30-31-32-33-34-35-36-37-38-39-40-41-42-43-45-46-48-50-52-54-57-60-63-66-72(75)78-69-70(68-77-71(74)65-62-59-56-15-12-9-6-3)79-73(76)67-64-61-58-55-53-51-49-47-44-27-25-23-21-19-17-14-11-8-5-2/h17,19,23,25,70H,4-16,18,20-22,24,26-69H2,1-3H3/b19-17-,25-23-. The number of unbranched alkanes of at least 4 members (excludes halogenated alkanes) is 52. The molecule has 6 nitrogen and oxygen atoms in total. The predicted octanol–water partition coefficient (Wildman–Crippen LogP) is 24.6. The van der Waals surface area contributed by atoms with Crippen molar-refractivity contribution in [3.05, 3.63) is 24.3 Å². The van der Waals surface area contributed by atoms with Crippen LogP contribution >= 0.6 is 0 Å². The van der Waals surface area contributed by atoms with E-state index in [9.17, 15) is 14.4 Å². The van der Waals surface area contributed by atoms with Gasteiger partial charge in [-0.05, 0) is 51.4 Å². The number of hydrogen-bond donors (Lipinski definition) is 0. The Bertz CT molecular complexity index is 1270. The average molecular weight is 1110 g/mol. The topological polar surface area (TPSA) is 78.9 Å². The van der Waals surface area contributed by atoms with Crippen molar-refractivity contribution in [2.24, 2.45) is 0 Å². The number of rotatable bonds is 67. The van der Waals surface area contributed by atoms with E-state index in [-0.39, 0.29) is 31.1 Å². The van der Waals surface area contributed by atoms with Gasteiger partial charge in [-0.25, -0.2) is 0 Å². The van der Waals surface area contributed by atoms with E-state index in [1.54, 1.807) is 0 Å². The molecule has 1 unspecified atom stereocenters. The molecule has 0 aromatic rings. The van der Waals surface area contributed by atoms with Crippen LogP contribution in [0.1, 0.15) is 406 Å². The average Bonchev–Trinajstić information content (AvgIpc) is 3.45. The van der Waals surface area contributed by atoms with Gasteiger partial charge in [0.25, 0.3) is 0 Å². The minimum absolute atomic E-state index is 0.0677. The van der Waals surface area contributed by atoms with Crippen molar-refractivity contribution in [3.8, 4) is 0 Å². The Kier molecular flexibility index (Phi) is 66.6. The summed E-state index contributed by atoms with van der Waals surface area (Å²) in [7, 11) is 0. The first kappa shape index (κ1) is 76.9. The third-order valence-electron chi connectivity index (χ3n) is 16.5. The molecule has 0 aromatic heterocycles. The van der Waals surface area contributed by atoms with Gasteiger partial charge in [0.2, 0.25) is 0 Å². The molecule has 0 amide bonds. The molecule has 0 saturated heterocycles. The fourth-order valence-corrected chi connectivity index (χ4v) is 11.1. The molecule has 0 aromatic carbocycles. The summed E-state index contributed by atoms with van der Waals surface area (Å²) < 4.78 is 16.9. The smallest absolute Gasteiger partial charge is 0.306 e. The molecule has 0 aliphatic rings. The summed E-state index contributed by atoms with van der Waals surface area (Å²) in [5, 5.41) is 0. The Morgan fingerprint density at radius 3 is 0.722 bits per heavy atom. The SMILES string of the molecule is CCCCC/C=C\C/C=C\CCCCCCCCCCCC(=O)OC(COC(=O)CCCCCCCCC)COC(=O)CCCCCCCCCCCCCCCCCCCCCCCCCCCCCCCCCCCCC. The van der Waals surface area contributed by atoms with E-state index in [1.165, 1.54) is 302 Å². The molecule has 6 heteroatoms. The summed E-state index contributed by atoms with van der Waals surface area (Å²) in [5.74, 6) is -0.853. The lowest BCUT2D eigenvalue weighted by Crippen LogP contribution is -2.30. The van der Waals surface area contributed by atoms with Crippen molar-refractivity contribution in [2.45, 2.75) is 412 Å². The Labute approximate surface area is 493 Å². The highest BCUT2D eigenvalue weighted by molar-refractivity contribution is 5.71. The zero-order valence-corrected chi connectivity index (χ0v) is 53.7. The number of ether oxygens (including phenoxy) is 3. The summed E-state index contributed by atoms with van der Waals surface area (Å²) in [6.45, 7) is 6.64. The van der Waals surface area contributed by atoms with Gasteiger partial charge in [-0.1, -0.05) is 360 Å². The van der Waals surface area contributed by atoms with Gasteiger partial charge < -0.3 is 14.2 Å². The molecule has 0 N–H and O–H groups in total. The van der Waals surface area contributed by atoms with E-state index in [2.05, 4.69) is 45.1 Å². The van der Waals surface area contributed by atoms with Gasteiger partial charge >= 0.3 is 17.9 Å². The van der Waals surface area contributed by atoms with E-state index >= 15 is 0 Å². The van der Waals surface area contributed by atoms with Crippen molar-refractivity contribution in [1.82, 2.24) is 0 Å². The lowest BCUT2D eigenvalue weighted by molar-refractivity contribution is -0.167. The highest BCUT2D eigenvalue weighted by Crippen LogP contribution is 2.19. The Morgan fingerprint density at radius 1 is 0.253 bits per heavy atom. The Hall–Kier alpha value is -2.11. The maximum absolute atomic E-state index is 12.9. The molecule has 466 valence electrons. The van der Waals surface area contributed by atoms with E-state index in [0.717, 1.165) is 64.2 Å². The number of esters is 3. The van der Waals surface area contributed by atoms with Gasteiger partial charge in [0, 0.05) is 19.3 Å². The maximum atomic E-state index is 12.9. The molecule has 0 spiro atoms. The van der Waals surface area contributed by atoms with Crippen LogP contribution in [0, 0.1) is 0 Å². The van der Waals surface area contributed by atoms with Gasteiger partial charge in [0.05, 0.1) is 0 Å². The molecule has 0 rings (SSSR count). The molecule has 0 radical (unpaired) electrons. The van der Waals surface area contributed by atoms with Crippen molar-refractivity contribution in [2.75, 3.05) is 13.2 Å². The second kappa shape index (κ2) is 68.4. The normalized spacial score (nSPS) is 12.1. The number of allylic oxidation sites excluding steroid dienone is 4. The second-order valence-corrected chi connectivity index (χ2v) is 24.5. The highest BCUT2D eigenvalue weighted by Gasteiger charge is 2.19. The summed E-state index contributed by atoms with van der Waals surface area (Å²) in [4.78, 5) is 38.1. The fourth-order valence-electron chi connectivity index (χ4n) is 11.1. The largest absolute Gasteiger partial charge is 0.462 e. The summed E-state index contributed by atoms with van der Waals surface area (Å²) in [6, 6.07) is 0. The highest BCUT2D eigenvalue weighted by atomic mass is 16.6. The molecule has 0 bridgehead atoms.